The van der Waals surface area contributed by atoms with Crippen molar-refractivity contribution in [3.63, 3.8) is 0 Å². The average Bonchev–Trinajstić information content (AvgIpc) is 2.64. The zero-order valence-electron chi connectivity index (χ0n) is 9.43. The van der Waals surface area contributed by atoms with Crippen molar-refractivity contribution >= 4 is 33.4 Å². The molecule has 1 aromatic carbocycles. The molecule has 19 heavy (non-hydrogen) atoms. The summed E-state index contributed by atoms with van der Waals surface area (Å²) in [7, 11) is 0. The van der Waals surface area contributed by atoms with Gasteiger partial charge in [-0.05, 0) is 24.3 Å². The van der Waals surface area contributed by atoms with E-state index in [1.54, 1.807) is 6.07 Å². The summed E-state index contributed by atoms with van der Waals surface area (Å²) in [6, 6.07) is 5.61. The molecule has 0 fully saturated rings. The molecule has 0 unspecified atom stereocenters. The summed E-state index contributed by atoms with van der Waals surface area (Å²) in [5.74, 6) is -1.74. The normalized spacial score (nSPS) is 13.9. The number of hydrogen-bond donors (Lipinski definition) is 0. The Balaban J connectivity index is 2.14. The second-order valence-electron chi connectivity index (χ2n) is 3.96. The SMILES string of the molecule is O=C1c2ccncc2C(=O)N1c1ccc(Br)cc1F. The van der Waals surface area contributed by atoms with Crippen LogP contribution in [0.25, 0.3) is 0 Å². The minimum atomic E-state index is -0.642. The fourth-order valence-electron chi connectivity index (χ4n) is 1.97. The fourth-order valence-corrected chi connectivity index (χ4v) is 2.30. The first-order valence-electron chi connectivity index (χ1n) is 5.37. The van der Waals surface area contributed by atoms with Gasteiger partial charge in [0.15, 0.2) is 0 Å². The van der Waals surface area contributed by atoms with Crippen LogP contribution in [-0.4, -0.2) is 16.8 Å². The molecular weight excluding hydrogens is 315 g/mol. The Morgan fingerprint density at radius 3 is 2.53 bits per heavy atom. The lowest BCUT2D eigenvalue weighted by molar-refractivity contribution is 0.0925. The number of nitrogens with zero attached hydrogens (tertiary/aromatic N) is 2. The first-order chi connectivity index (χ1) is 9.09. The quantitative estimate of drug-likeness (QED) is 0.759. The standard InChI is InChI=1S/C13H6BrFN2O2/c14-7-1-2-11(10(15)5-7)17-12(18)8-3-4-16-6-9(8)13(17)19/h1-6H. The van der Waals surface area contributed by atoms with Crippen molar-refractivity contribution in [2.75, 3.05) is 4.90 Å². The van der Waals surface area contributed by atoms with Crippen LogP contribution in [0.2, 0.25) is 0 Å². The van der Waals surface area contributed by atoms with Crippen LogP contribution in [0.5, 0.6) is 0 Å². The van der Waals surface area contributed by atoms with E-state index in [2.05, 4.69) is 20.9 Å². The summed E-state index contributed by atoms with van der Waals surface area (Å²) >= 11 is 3.13. The largest absolute Gasteiger partial charge is 0.268 e. The Morgan fingerprint density at radius 1 is 1.11 bits per heavy atom. The van der Waals surface area contributed by atoms with Gasteiger partial charge in [-0.2, -0.15) is 0 Å². The van der Waals surface area contributed by atoms with E-state index in [9.17, 15) is 14.0 Å². The Kier molecular flexibility index (Phi) is 2.67. The van der Waals surface area contributed by atoms with Crippen LogP contribution in [0.3, 0.4) is 0 Å². The third-order valence-electron chi connectivity index (χ3n) is 2.84. The van der Waals surface area contributed by atoms with Gasteiger partial charge in [0.05, 0.1) is 16.8 Å². The van der Waals surface area contributed by atoms with Crippen LogP contribution in [0.1, 0.15) is 20.7 Å². The van der Waals surface area contributed by atoms with Crippen LogP contribution in [0, 0.1) is 5.82 Å². The van der Waals surface area contributed by atoms with Crippen LogP contribution in [0.4, 0.5) is 10.1 Å². The number of aromatic nitrogens is 1. The lowest BCUT2D eigenvalue weighted by Crippen LogP contribution is -2.30. The van der Waals surface area contributed by atoms with E-state index in [0.29, 0.717) is 4.47 Å². The van der Waals surface area contributed by atoms with E-state index in [4.69, 9.17) is 0 Å². The van der Waals surface area contributed by atoms with Gasteiger partial charge < -0.3 is 0 Å². The molecule has 0 N–H and O–H groups in total. The van der Waals surface area contributed by atoms with E-state index in [-0.39, 0.29) is 16.8 Å². The van der Waals surface area contributed by atoms with Gasteiger partial charge in [-0.3, -0.25) is 14.6 Å². The molecule has 2 amide bonds. The summed E-state index contributed by atoms with van der Waals surface area (Å²) < 4.78 is 14.4. The summed E-state index contributed by atoms with van der Waals surface area (Å²) in [6.07, 6.45) is 2.73. The molecule has 1 aromatic heterocycles. The predicted molar refractivity (Wildman–Crippen MR) is 69.5 cm³/mol. The number of fused-ring (bicyclic) bond motifs is 1. The summed E-state index contributed by atoms with van der Waals surface area (Å²) in [4.78, 5) is 28.9. The second-order valence-corrected chi connectivity index (χ2v) is 4.88. The predicted octanol–water partition coefficient (Wildman–Crippen LogP) is 2.78. The first kappa shape index (κ1) is 12.0. The average molecular weight is 321 g/mol. The van der Waals surface area contributed by atoms with Crippen molar-refractivity contribution in [3.05, 3.63) is 58.1 Å². The number of benzene rings is 1. The van der Waals surface area contributed by atoms with Gasteiger partial charge in [-0.25, -0.2) is 9.29 Å². The molecular formula is C13H6BrFN2O2. The van der Waals surface area contributed by atoms with E-state index in [0.717, 1.165) is 4.90 Å². The minimum absolute atomic E-state index is 0.0607. The van der Waals surface area contributed by atoms with E-state index in [1.807, 2.05) is 0 Å². The van der Waals surface area contributed by atoms with Crippen molar-refractivity contribution in [1.29, 1.82) is 0 Å². The third-order valence-corrected chi connectivity index (χ3v) is 3.33. The van der Waals surface area contributed by atoms with Crippen LogP contribution in [0.15, 0.2) is 41.1 Å². The van der Waals surface area contributed by atoms with Crippen molar-refractivity contribution in [2.24, 2.45) is 0 Å². The topological polar surface area (TPSA) is 50.3 Å². The number of carbonyl (C=O) groups is 2. The molecule has 0 spiro atoms. The highest BCUT2D eigenvalue weighted by Crippen LogP contribution is 2.30. The number of imide groups is 1. The van der Waals surface area contributed by atoms with Crippen molar-refractivity contribution in [3.8, 4) is 0 Å². The molecule has 4 nitrogen and oxygen atoms in total. The smallest absolute Gasteiger partial charge is 0.267 e. The lowest BCUT2D eigenvalue weighted by Gasteiger charge is -2.14. The molecule has 6 heteroatoms. The minimum Gasteiger partial charge on any atom is -0.268 e. The number of rotatable bonds is 1. The van der Waals surface area contributed by atoms with E-state index >= 15 is 0 Å². The maximum Gasteiger partial charge on any atom is 0.267 e. The Hall–Kier alpha value is -2.08. The summed E-state index contributed by atoms with van der Waals surface area (Å²) in [6.45, 7) is 0. The zero-order chi connectivity index (χ0) is 13.6. The first-order valence-corrected chi connectivity index (χ1v) is 6.17. The number of pyridine rings is 1. The Labute approximate surface area is 116 Å². The number of hydrogen-bond acceptors (Lipinski definition) is 3. The lowest BCUT2D eigenvalue weighted by atomic mass is 10.2. The number of carbonyl (C=O) groups excluding carboxylic acids is 2. The summed E-state index contributed by atoms with van der Waals surface area (Å²) in [5, 5.41) is 0. The highest BCUT2D eigenvalue weighted by Gasteiger charge is 2.37. The maximum absolute atomic E-state index is 13.9. The molecule has 0 atom stereocenters. The van der Waals surface area contributed by atoms with Crippen molar-refractivity contribution in [1.82, 2.24) is 4.98 Å². The van der Waals surface area contributed by atoms with Crippen LogP contribution in [-0.2, 0) is 0 Å². The van der Waals surface area contributed by atoms with Crippen LogP contribution >= 0.6 is 15.9 Å². The van der Waals surface area contributed by atoms with Gasteiger partial charge >= 0.3 is 0 Å². The molecule has 0 saturated carbocycles. The highest BCUT2D eigenvalue weighted by atomic mass is 79.9. The number of anilines is 1. The van der Waals surface area contributed by atoms with Gasteiger partial charge in [0, 0.05) is 16.9 Å². The number of amides is 2. The fraction of sp³-hybridized carbons (Fsp3) is 0. The molecule has 0 saturated heterocycles. The van der Waals surface area contributed by atoms with Crippen LogP contribution < -0.4 is 4.90 Å². The van der Waals surface area contributed by atoms with Gasteiger partial charge in [-0.1, -0.05) is 15.9 Å². The van der Waals surface area contributed by atoms with Gasteiger partial charge in [-0.15, -0.1) is 0 Å². The Bertz CT molecular complexity index is 683. The molecule has 0 radical (unpaired) electrons. The van der Waals surface area contributed by atoms with Gasteiger partial charge in [0.1, 0.15) is 5.82 Å². The van der Waals surface area contributed by atoms with Crippen molar-refractivity contribution in [2.45, 2.75) is 0 Å². The molecule has 0 bridgehead atoms. The zero-order valence-corrected chi connectivity index (χ0v) is 11.0. The molecule has 94 valence electrons. The monoisotopic (exact) mass is 320 g/mol. The summed E-state index contributed by atoms with van der Waals surface area (Å²) in [5.41, 5.74) is 0.367. The molecule has 0 aliphatic carbocycles. The molecule has 1 aliphatic rings. The molecule has 2 aromatic rings. The highest BCUT2D eigenvalue weighted by molar-refractivity contribution is 9.10. The molecule has 2 heterocycles. The molecule has 1 aliphatic heterocycles. The Morgan fingerprint density at radius 2 is 1.84 bits per heavy atom. The maximum atomic E-state index is 13.9. The van der Waals surface area contributed by atoms with Crippen molar-refractivity contribution < 1.29 is 14.0 Å². The van der Waals surface area contributed by atoms with Gasteiger partial charge in [0.25, 0.3) is 11.8 Å². The van der Waals surface area contributed by atoms with Gasteiger partial charge in [0.2, 0.25) is 0 Å². The third kappa shape index (κ3) is 1.76. The molecule has 3 rings (SSSR count). The second kappa shape index (κ2) is 4.24. The van der Waals surface area contributed by atoms with E-state index < -0.39 is 17.6 Å². The number of halogens is 2. The van der Waals surface area contributed by atoms with E-state index in [1.165, 1.54) is 30.6 Å².